The monoisotopic (exact) mass is 460 g/mol. The van der Waals surface area contributed by atoms with Gasteiger partial charge < -0.3 is 19.6 Å². The average molecular weight is 460 g/mol. The molecule has 2 N–H and O–H groups in total. The van der Waals surface area contributed by atoms with Gasteiger partial charge in [0.05, 0.1) is 18.9 Å². The summed E-state index contributed by atoms with van der Waals surface area (Å²) < 4.78 is 43.0. The molecule has 0 aliphatic carbocycles. The van der Waals surface area contributed by atoms with Gasteiger partial charge in [-0.15, -0.1) is 0 Å². The smallest absolute Gasteiger partial charge is 0.475 e. The Labute approximate surface area is 180 Å². The van der Waals surface area contributed by atoms with Gasteiger partial charge in [-0.25, -0.2) is 4.79 Å². The maximum atomic E-state index is 12.3. The number of likely N-dealkylation sites (tertiary alicyclic amines) is 1. The van der Waals surface area contributed by atoms with Crippen LogP contribution in [-0.2, 0) is 27.4 Å². The Bertz CT molecular complexity index is 842. The van der Waals surface area contributed by atoms with Gasteiger partial charge in [-0.05, 0) is 59.8 Å². The molecule has 31 heavy (non-hydrogen) atoms. The highest BCUT2D eigenvalue weighted by molar-refractivity contribution is 7.07. The van der Waals surface area contributed by atoms with Crippen LogP contribution >= 0.6 is 11.3 Å². The third-order valence-corrected chi connectivity index (χ3v) is 5.91. The summed E-state index contributed by atoms with van der Waals surface area (Å²) in [7, 11) is 0. The van der Waals surface area contributed by atoms with E-state index in [-0.39, 0.29) is 18.1 Å². The van der Waals surface area contributed by atoms with E-state index in [4.69, 9.17) is 19.1 Å². The summed E-state index contributed by atoms with van der Waals surface area (Å²) in [6.45, 7) is 3.40. The largest absolute Gasteiger partial charge is 0.490 e. The number of nitrogens with one attached hydrogen (secondary N) is 1. The molecule has 170 valence electrons. The number of furan rings is 1. The molecule has 7 nitrogen and oxygen atoms in total. The SMILES string of the molecule is O=C(NCc1ccco1)[C@H]1C[C@@H]2CCN(Cc3ccsc3)C[C@@H]2O1.O=C(O)C(F)(F)F. The zero-order valence-corrected chi connectivity index (χ0v) is 17.3. The Morgan fingerprint density at radius 3 is 2.71 bits per heavy atom. The van der Waals surface area contributed by atoms with Crippen LogP contribution in [0.2, 0.25) is 0 Å². The Balaban J connectivity index is 0.000000339. The maximum Gasteiger partial charge on any atom is 0.490 e. The number of carboxylic acid groups (broad SMARTS) is 1. The summed E-state index contributed by atoms with van der Waals surface area (Å²) >= 11 is 1.74. The predicted molar refractivity (Wildman–Crippen MR) is 105 cm³/mol. The minimum Gasteiger partial charge on any atom is -0.475 e. The van der Waals surface area contributed by atoms with E-state index in [1.54, 1.807) is 17.6 Å². The number of alkyl halides is 3. The molecule has 0 saturated carbocycles. The molecule has 4 rings (SSSR count). The number of ether oxygens (including phenoxy) is 1. The summed E-state index contributed by atoms with van der Waals surface area (Å²) in [6.07, 6.45) is -1.67. The number of fused-ring (bicyclic) bond motifs is 1. The van der Waals surface area contributed by atoms with Crippen LogP contribution in [0.1, 0.15) is 24.2 Å². The number of aliphatic carboxylic acids is 1. The lowest BCUT2D eigenvalue weighted by Gasteiger charge is -2.33. The van der Waals surface area contributed by atoms with Crippen LogP contribution in [0.4, 0.5) is 13.2 Å². The van der Waals surface area contributed by atoms with Crippen molar-refractivity contribution < 1.29 is 37.0 Å². The van der Waals surface area contributed by atoms with Crippen molar-refractivity contribution in [3.63, 3.8) is 0 Å². The Hall–Kier alpha value is -2.37. The van der Waals surface area contributed by atoms with Crippen molar-refractivity contribution in [1.82, 2.24) is 10.2 Å². The molecule has 2 fully saturated rings. The summed E-state index contributed by atoms with van der Waals surface area (Å²) in [6, 6.07) is 5.86. The van der Waals surface area contributed by atoms with Crippen molar-refractivity contribution in [2.45, 2.75) is 44.3 Å². The predicted octanol–water partition coefficient (Wildman–Crippen LogP) is 3.27. The molecule has 2 aromatic rings. The van der Waals surface area contributed by atoms with Gasteiger partial charge in [0.1, 0.15) is 11.9 Å². The van der Waals surface area contributed by atoms with Crippen LogP contribution in [0.15, 0.2) is 39.6 Å². The molecule has 2 aliphatic rings. The van der Waals surface area contributed by atoms with Crippen molar-refractivity contribution in [3.8, 4) is 0 Å². The van der Waals surface area contributed by atoms with Crippen molar-refractivity contribution in [2.75, 3.05) is 13.1 Å². The molecule has 2 aliphatic heterocycles. The summed E-state index contributed by atoms with van der Waals surface area (Å²) in [4.78, 5) is 23.7. The molecule has 0 spiro atoms. The quantitative estimate of drug-likeness (QED) is 0.712. The van der Waals surface area contributed by atoms with Gasteiger partial charge in [-0.1, -0.05) is 0 Å². The number of halogens is 3. The molecule has 3 atom stereocenters. The molecule has 0 bridgehead atoms. The molecule has 2 saturated heterocycles. The summed E-state index contributed by atoms with van der Waals surface area (Å²) in [5, 5.41) is 14.4. The number of amides is 1. The van der Waals surface area contributed by atoms with Crippen LogP contribution in [0, 0.1) is 5.92 Å². The highest BCUT2D eigenvalue weighted by atomic mass is 32.1. The van der Waals surface area contributed by atoms with Crippen LogP contribution < -0.4 is 5.32 Å². The summed E-state index contributed by atoms with van der Waals surface area (Å²) in [5.74, 6) is -1.51. The topological polar surface area (TPSA) is 92.0 Å². The second-order valence-electron chi connectivity index (χ2n) is 7.41. The van der Waals surface area contributed by atoms with E-state index in [9.17, 15) is 18.0 Å². The van der Waals surface area contributed by atoms with E-state index >= 15 is 0 Å². The first kappa shape index (κ1) is 23.3. The van der Waals surface area contributed by atoms with E-state index in [1.807, 2.05) is 12.1 Å². The molecule has 2 aromatic heterocycles. The number of thiophene rings is 1. The number of nitrogens with zero attached hydrogens (tertiary/aromatic N) is 1. The van der Waals surface area contributed by atoms with Crippen molar-refractivity contribution in [2.24, 2.45) is 5.92 Å². The number of hydrogen-bond donors (Lipinski definition) is 2. The standard InChI is InChI=1S/C18H22N2O3S.C2HF3O2/c21-18(19-9-15-2-1-6-22-15)16-8-14-3-5-20(11-17(14)23-16)10-13-4-7-24-12-13;3-2(4,5)1(6)7/h1-2,4,6-7,12,14,16-17H,3,5,8-11H2,(H,19,21);(H,6,7)/t14-,16+,17-;/m0./s1. The first-order valence-corrected chi connectivity index (χ1v) is 10.7. The molecular weight excluding hydrogens is 437 g/mol. The second kappa shape index (κ2) is 10.3. The highest BCUT2D eigenvalue weighted by Gasteiger charge is 2.41. The van der Waals surface area contributed by atoms with Gasteiger partial charge in [0.15, 0.2) is 0 Å². The first-order valence-electron chi connectivity index (χ1n) is 9.71. The van der Waals surface area contributed by atoms with E-state index in [1.165, 1.54) is 5.56 Å². The lowest BCUT2D eigenvalue weighted by Crippen LogP contribution is -2.42. The number of hydrogen-bond acceptors (Lipinski definition) is 6. The van der Waals surface area contributed by atoms with Gasteiger partial charge in [-0.2, -0.15) is 24.5 Å². The zero-order valence-electron chi connectivity index (χ0n) is 16.5. The molecule has 4 heterocycles. The normalized spacial score (nSPS) is 23.5. The molecule has 0 aromatic carbocycles. The van der Waals surface area contributed by atoms with Crippen molar-refractivity contribution in [3.05, 3.63) is 46.5 Å². The van der Waals surface area contributed by atoms with Crippen molar-refractivity contribution in [1.29, 1.82) is 0 Å². The van der Waals surface area contributed by atoms with E-state index in [0.29, 0.717) is 12.5 Å². The van der Waals surface area contributed by atoms with Crippen LogP contribution in [-0.4, -0.2) is 53.4 Å². The van der Waals surface area contributed by atoms with Crippen LogP contribution in [0.5, 0.6) is 0 Å². The lowest BCUT2D eigenvalue weighted by molar-refractivity contribution is -0.192. The number of carbonyl (C=O) groups is 2. The van der Waals surface area contributed by atoms with E-state index in [0.717, 1.165) is 38.2 Å². The fourth-order valence-corrected chi connectivity index (χ4v) is 4.31. The molecule has 11 heteroatoms. The maximum absolute atomic E-state index is 12.3. The minimum absolute atomic E-state index is 0.0230. The van der Waals surface area contributed by atoms with Crippen LogP contribution in [0.3, 0.4) is 0 Å². The molecular formula is C20H23F3N2O5S. The second-order valence-corrected chi connectivity index (χ2v) is 8.19. The fourth-order valence-electron chi connectivity index (χ4n) is 3.65. The van der Waals surface area contributed by atoms with Gasteiger partial charge in [-0.3, -0.25) is 9.69 Å². The van der Waals surface area contributed by atoms with Crippen LogP contribution in [0.25, 0.3) is 0 Å². The number of carboxylic acids is 1. The number of piperidine rings is 1. The van der Waals surface area contributed by atoms with Gasteiger partial charge in [0.25, 0.3) is 0 Å². The zero-order chi connectivity index (χ0) is 22.4. The van der Waals surface area contributed by atoms with Gasteiger partial charge in [0.2, 0.25) is 5.91 Å². The Kier molecular flexibility index (Phi) is 7.74. The third-order valence-electron chi connectivity index (χ3n) is 5.17. The van der Waals surface area contributed by atoms with Crippen molar-refractivity contribution >= 4 is 23.2 Å². The Morgan fingerprint density at radius 2 is 2.10 bits per heavy atom. The minimum atomic E-state index is -5.08. The summed E-state index contributed by atoms with van der Waals surface area (Å²) in [5.41, 5.74) is 1.36. The average Bonchev–Trinajstić information content (AvgIpc) is 3.47. The van der Waals surface area contributed by atoms with Gasteiger partial charge in [0, 0.05) is 13.1 Å². The highest BCUT2D eigenvalue weighted by Crippen LogP contribution is 2.34. The Morgan fingerprint density at radius 1 is 1.32 bits per heavy atom. The number of rotatable bonds is 5. The fraction of sp³-hybridized carbons (Fsp3) is 0.500. The molecule has 0 unspecified atom stereocenters. The first-order chi connectivity index (χ1) is 14.7. The molecule has 1 amide bonds. The van der Waals surface area contributed by atoms with E-state index in [2.05, 4.69) is 27.0 Å². The lowest BCUT2D eigenvalue weighted by atomic mass is 9.91. The third kappa shape index (κ3) is 6.81. The molecule has 0 radical (unpaired) electrons. The van der Waals surface area contributed by atoms with Gasteiger partial charge >= 0.3 is 12.1 Å². The van der Waals surface area contributed by atoms with E-state index < -0.39 is 12.1 Å². The number of carbonyl (C=O) groups excluding carboxylic acids is 1.